The number of hydrogen-bond acceptors (Lipinski definition) is 5. The zero-order valence-electron chi connectivity index (χ0n) is 14.5. The Bertz CT molecular complexity index is 941. The molecule has 0 amide bonds. The first kappa shape index (κ1) is 17.0. The van der Waals surface area contributed by atoms with Crippen molar-refractivity contribution in [1.29, 1.82) is 0 Å². The van der Waals surface area contributed by atoms with Gasteiger partial charge in [-0.05, 0) is 49.4 Å². The molecule has 0 saturated heterocycles. The largest absolute Gasteiger partial charge is 0.349 e. The van der Waals surface area contributed by atoms with Crippen LogP contribution in [0, 0.1) is 0 Å². The fraction of sp³-hybridized carbons (Fsp3) is 0.300. The molecule has 0 N–H and O–H groups in total. The van der Waals surface area contributed by atoms with Gasteiger partial charge in [-0.25, -0.2) is 4.79 Å². The summed E-state index contributed by atoms with van der Waals surface area (Å²) in [6.07, 6.45) is 9.54. The normalized spacial score (nSPS) is 13.4. The molecule has 3 aromatic rings. The van der Waals surface area contributed by atoms with E-state index in [-0.39, 0.29) is 5.69 Å². The molecule has 1 aliphatic rings. The molecule has 0 atom stereocenters. The topological polar surface area (TPSA) is 60.7 Å². The average Bonchev–Trinajstić information content (AvgIpc) is 2.70. The van der Waals surface area contributed by atoms with E-state index in [0.29, 0.717) is 6.54 Å². The smallest absolute Gasteiger partial charge is 0.291 e. The summed E-state index contributed by atoms with van der Waals surface area (Å²) >= 11 is 1.62. The van der Waals surface area contributed by atoms with Crippen LogP contribution in [-0.4, -0.2) is 19.5 Å². The maximum Gasteiger partial charge on any atom is 0.349 e. The summed E-state index contributed by atoms with van der Waals surface area (Å²) in [6.45, 7) is 0.535. The Morgan fingerprint density at radius 3 is 2.81 bits per heavy atom. The molecule has 0 bridgehead atoms. The van der Waals surface area contributed by atoms with Gasteiger partial charge >= 0.3 is 5.69 Å². The summed E-state index contributed by atoms with van der Waals surface area (Å²) in [5.41, 5.74) is 4.24. The van der Waals surface area contributed by atoms with Gasteiger partial charge in [-0.3, -0.25) is 14.5 Å². The van der Waals surface area contributed by atoms with E-state index >= 15 is 0 Å². The van der Waals surface area contributed by atoms with Crippen molar-refractivity contribution in [3.63, 3.8) is 0 Å². The molecule has 3 heterocycles. The summed E-state index contributed by atoms with van der Waals surface area (Å²) in [4.78, 5) is 25.7. The molecule has 0 saturated carbocycles. The fourth-order valence-electron chi connectivity index (χ4n) is 3.33. The van der Waals surface area contributed by atoms with E-state index in [0.717, 1.165) is 53.4 Å². The van der Waals surface area contributed by atoms with Gasteiger partial charge in [-0.1, -0.05) is 23.9 Å². The second kappa shape index (κ2) is 7.83. The van der Waals surface area contributed by atoms with Gasteiger partial charge in [-0.15, -0.1) is 0 Å². The van der Waals surface area contributed by atoms with Crippen LogP contribution in [0.25, 0.3) is 0 Å². The molecule has 0 radical (unpaired) electrons. The molecular formula is C20H20N4OS. The molecule has 6 heteroatoms. The molecule has 0 aromatic carbocycles. The zero-order valence-corrected chi connectivity index (χ0v) is 15.3. The predicted octanol–water partition coefficient (Wildman–Crippen LogP) is 3.25. The van der Waals surface area contributed by atoms with Crippen molar-refractivity contribution in [3.8, 4) is 0 Å². The molecule has 0 fully saturated rings. The number of rotatable bonds is 5. The van der Waals surface area contributed by atoms with Gasteiger partial charge in [0.15, 0.2) is 0 Å². The first-order valence-electron chi connectivity index (χ1n) is 8.85. The highest BCUT2D eigenvalue weighted by atomic mass is 32.2. The lowest BCUT2D eigenvalue weighted by atomic mass is 9.97. The standard InChI is InChI=1S/C20H20N4OS/c25-20-23-19(26-14-16-7-3-4-11-22-16)17-8-1-2-9-18(17)24(20)13-15-6-5-10-21-12-15/h3-7,10-12H,1-2,8-9,13-14H2. The minimum atomic E-state index is -0.168. The minimum absolute atomic E-state index is 0.168. The predicted molar refractivity (Wildman–Crippen MR) is 102 cm³/mol. The second-order valence-electron chi connectivity index (χ2n) is 6.39. The Morgan fingerprint density at radius 2 is 2.00 bits per heavy atom. The van der Waals surface area contributed by atoms with Crippen molar-refractivity contribution < 1.29 is 0 Å². The maximum atomic E-state index is 12.7. The molecule has 3 aromatic heterocycles. The van der Waals surface area contributed by atoms with E-state index in [2.05, 4.69) is 15.0 Å². The fourth-order valence-corrected chi connectivity index (χ4v) is 4.32. The minimum Gasteiger partial charge on any atom is -0.291 e. The highest BCUT2D eigenvalue weighted by molar-refractivity contribution is 7.98. The molecule has 0 aliphatic heterocycles. The van der Waals surface area contributed by atoms with E-state index in [1.54, 1.807) is 24.2 Å². The first-order valence-corrected chi connectivity index (χ1v) is 9.84. The molecule has 26 heavy (non-hydrogen) atoms. The lowest BCUT2D eigenvalue weighted by molar-refractivity contribution is 0.569. The Hall–Kier alpha value is -2.47. The van der Waals surface area contributed by atoms with Gasteiger partial charge in [0, 0.05) is 35.6 Å². The number of nitrogens with zero attached hydrogens (tertiary/aromatic N) is 4. The number of fused-ring (bicyclic) bond motifs is 1. The Balaban J connectivity index is 1.66. The van der Waals surface area contributed by atoms with Crippen LogP contribution in [0.2, 0.25) is 0 Å². The van der Waals surface area contributed by atoms with E-state index in [1.165, 1.54) is 5.56 Å². The van der Waals surface area contributed by atoms with E-state index < -0.39 is 0 Å². The van der Waals surface area contributed by atoms with Gasteiger partial charge in [0.2, 0.25) is 0 Å². The van der Waals surface area contributed by atoms with Gasteiger partial charge in [0.1, 0.15) is 5.03 Å². The van der Waals surface area contributed by atoms with Gasteiger partial charge in [0.05, 0.1) is 12.2 Å². The summed E-state index contributed by atoms with van der Waals surface area (Å²) in [5, 5.41) is 0.873. The second-order valence-corrected chi connectivity index (χ2v) is 7.35. The van der Waals surface area contributed by atoms with Crippen LogP contribution < -0.4 is 5.69 Å². The number of thioether (sulfide) groups is 1. The van der Waals surface area contributed by atoms with Gasteiger partial charge in [-0.2, -0.15) is 4.98 Å². The van der Waals surface area contributed by atoms with Crippen LogP contribution in [-0.2, 0) is 25.1 Å². The zero-order chi connectivity index (χ0) is 17.8. The van der Waals surface area contributed by atoms with Crippen molar-refractivity contribution in [2.24, 2.45) is 0 Å². The molecule has 1 aliphatic carbocycles. The monoisotopic (exact) mass is 364 g/mol. The maximum absolute atomic E-state index is 12.7. The third-order valence-corrected chi connectivity index (χ3v) is 5.65. The number of hydrogen-bond donors (Lipinski definition) is 0. The van der Waals surface area contributed by atoms with Crippen LogP contribution >= 0.6 is 11.8 Å². The van der Waals surface area contributed by atoms with Gasteiger partial charge in [0.25, 0.3) is 0 Å². The SMILES string of the molecule is O=c1nc(SCc2ccccn2)c2c(n1Cc1cccnc1)CCCC2. The lowest BCUT2D eigenvalue weighted by Crippen LogP contribution is -2.30. The van der Waals surface area contributed by atoms with Crippen molar-refractivity contribution >= 4 is 11.8 Å². The molecule has 132 valence electrons. The summed E-state index contributed by atoms with van der Waals surface area (Å²) in [5.74, 6) is 0.729. The number of aromatic nitrogens is 4. The molecular weight excluding hydrogens is 344 g/mol. The van der Waals surface area contributed by atoms with Crippen molar-refractivity contribution in [1.82, 2.24) is 19.5 Å². The summed E-state index contributed by atoms with van der Waals surface area (Å²) in [6, 6.07) is 9.80. The number of pyridine rings is 2. The van der Waals surface area contributed by atoms with Crippen LogP contribution in [0.3, 0.4) is 0 Å². The van der Waals surface area contributed by atoms with Crippen LogP contribution in [0.5, 0.6) is 0 Å². The molecule has 0 unspecified atom stereocenters. The van der Waals surface area contributed by atoms with Crippen LogP contribution in [0.4, 0.5) is 0 Å². The highest BCUT2D eigenvalue weighted by Gasteiger charge is 2.20. The lowest BCUT2D eigenvalue weighted by Gasteiger charge is -2.22. The quantitative estimate of drug-likeness (QED) is 0.514. The summed E-state index contributed by atoms with van der Waals surface area (Å²) in [7, 11) is 0. The van der Waals surface area contributed by atoms with Crippen molar-refractivity contribution in [2.75, 3.05) is 0 Å². The van der Waals surface area contributed by atoms with E-state index in [4.69, 9.17) is 0 Å². The van der Waals surface area contributed by atoms with Gasteiger partial charge < -0.3 is 0 Å². The summed E-state index contributed by atoms with van der Waals surface area (Å²) < 4.78 is 1.83. The Kier molecular flexibility index (Phi) is 5.11. The molecule has 4 rings (SSSR count). The van der Waals surface area contributed by atoms with Crippen molar-refractivity contribution in [2.45, 2.75) is 43.0 Å². The first-order chi connectivity index (χ1) is 12.8. The molecule has 0 spiro atoms. The van der Waals surface area contributed by atoms with E-state index in [9.17, 15) is 4.79 Å². The average molecular weight is 364 g/mol. The Labute approximate surface area is 156 Å². The highest BCUT2D eigenvalue weighted by Crippen LogP contribution is 2.30. The Morgan fingerprint density at radius 1 is 1.08 bits per heavy atom. The van der Waals surface area contributed by atoms with Crippen LogP contribution in [0.15, 0.2) is 58.7 Å². The third kappa shape index (κ3) is 3.70. The molecule has 5 nitrogen and oxygen atoms in total. The third-order valence-electron chi connectivity index (χ3n) is 4.60. The van der Waals surface area contributed by atoms with Crippen LogP contribution in [0.1, 0.15) is 35.4 Å². The van der Waals surface area contributed by atoms with Crippen molar-refractivity contribution in [3.05, 3.63) is 81.9 Å². The van der Waals surface area contributed by atoms with E-state index in [1.807, 2.05) is 41.1 Å².